The van der Waals surface area contributed by atoms with Gasteiger partial charge in [-0.1, -0.05) is 5.16 Å². The number of hydrogen-bond acceptors (Lipinski definition) is 6. The maximum atomic E-state index is 11.9. The Bertz CT molecular complexity index is 587. The number of nitrogens with one attached hydrogen (secondary N) is 1. The summed E-state index contributed by atoms with van der Waals surface area (Å²) in [4.78, 5) is 23.7. The second kappa shape index (κ2) is 5.01. The summed E-state index contributed by atoms with van der Waals surface area (Å²) < 4.78 is 9.42. The largest absolute Gasteiger partial charge is 0.465 e. The van der Waals surface area contributed by atoms with Crippen molar-refractivity contribution in [2.75, 3.05) is 12.4 Å². The molecule has 6 nitrogen and oxygen atoms in total. The van der Waals surface area contributed by atoms with Crippen molar-refractivity contribution in [2.45, 2.75) is 6.92 Å². The molecule has 0 unspecified atom stereocenters. The van der Waals surface area contributed by atoms with Gasteiger partial charge in [0.25, 0.3) is 5.91 Å². The molecule has 2 heterocycles. The molecule has 94 valence electrons. The highest BCUT2D eigenvalue weighted by atomic mass is 32.1. The molecule has 1 N–H and O–H groups in total. The molecule has 7 heteroatoms. The Morgan fingerprint density at radius 1 is 1.50 bits per heavy atom. The van der Waals surface area contributed by atoms with Crippen molar-refractivity contribution in [3.63, 3.8) is 0 Å². The number of carbonyl (C=O) groups excluding carboxylic acids is 2. The molecule has 0 spiro atoms. The summed E-state index contributed by atoms with van der Waals surface area (Å²) in [5, 5.41) is 7.84. The molecular formula is C11H10N2O4S. The number of ether oxygens (including phenoxy) is 1. The van der Waals surface area contributed by atoms with Crippen molar-refractivity contribution in [1.29, 1.82) is 0 Å². The quantitative estimate of drug-likeness (QED) is 0.860. The molecule has 0 atom stereocenters. The van der Waals surface area contributed by atoms with Gasteiger partial charge in [-0.15, -0.1) is 11.3 Å². The third-order valence-corrected chi connectivity index (χ3v) is 3.17. The minimum Gasteiger partial charge on any atom is -0.465 e. The maximum Gasteiger partial charge on any atom is 0.350 e. The topological polar surface area (TPSA) is 81.4 Å². The number of anilines is 1. The summed E-state index contributed by atoms with van der Waals surface area (Å²) in [5.41, 5.74) is 0.745. The molecule has 0 aliphatic heterocycles. The van der Waals surface area contributed by atoms with E-state index >= 15 is 0 Å². The van der Waals surface area contributed by atoms with Crippen LogP contribution in [-0.2, 0) is 4.74 Å². The van der Waals surface area contributed by atoms with Gasteiger partial charge in [0.05, 0.1) is 19.0 Å². The zero-order chi connectivity index (χ0) is 13.1. The molecule has 2 rings (SSSR count). The third-order valence-electron chi connectivity index (χ3n) is 2.28. The van der Waals surface area contributed by atoms with Crippen LogP contribution < -0.4 is 5.32 Å². The van der Waals surface area contributed by atoms with Crippen LogP contribution in [0.25, 0.3) is 0 Å². The molecule has 0 bridgehead atoms. The fourth-order valence-electron chi connectivity index (χ4n) is 1.36. The lowest BCUT2D eigenvalue weighted by Crippen LogP contribution is -2.14. The molecule has 18 heavy (non-hydrogen) atoms. The highest BCUT2D eigenvalue weighted by Crippen LogP contribution is 2.24. The van der Waals surface area contributed by atoms with E-state index in [9.17, 15) is 9.59 Å². The minimum atomic E-state index is -0.484. The SMILES string of the molecule is COC(=O)c1sccc1NC(=O)c1cnoc1C. The molecule has 2 aromatic rings. The number of methoxy groups -OCH3 is 1. The van der Waals surface area contributed by atoms with Gasteiger partial charge in [0.2, 0.25) is 0 Å². The van der Waals surface area contributed by atoms with Crippen molar-refractivity contribution >= 4 is 28.9 Å². The first kappa shape index (κ1) is 12.3. The Morgan fingerprint density at radius 3 is 2.89 bits per heavy atom. The van der Waals surface area contributed by atoms with E-state index in [0.717, 1.165) is 0 Å². The van der Waals surface area contributed by atoms with Gasteiger partial charge in [-0.2, -0.15) is 0 Å². The molecule has 1 amide bonds. The minimum absolute atomic E-state index is 0.331. The fraction of sp³-hybridized carbons (Fsp3) is 0.182. The predicted octanol–water partition coefficient (Wildman–Crippen LogP) is 2.08. The summed E-state index contributed by atoms with van der Waals surface area (Å²) in [6.07, 6.45) is 1.33. The summed E-state index contributed by atoms with van der Waals surface area (Å²) >= 11 is 1.20. The predicted molar refractivity (Wildman–Crippen MR) is 64.9 cm³/mol. The van der Waals surface area contributed by atoms with Crippen LogP contribution in [0.15, 0.2) is 22.2 Å². The number of hydrogen-bond donors (Lipinski definition) is 1. The first-order chi connectivity index (χ1) is 8.63. The molecule has 0 aliphatic carbocycles. The van der Waals surface area contributed by atoms with Crippen molar-refractivity contribution in [3.8, 4) is 0 Å². The Balaban J connectivity index is 2.20. The summed E-state index contributed by atoms with van der Waals surface area (Å²) in [7, 11) is 1.29. The van der Waals surface area contributed by atoms with E-state index in [0.29, 0.717) is 21.9 Å². The number of aryl methyl sites for hydroxylation is 1. The maximum absolute atomic E-state index is 11.9. The van der Waals surface area contributed by atoms with E-state index in [1.807, 2.05) is 0 Å². The van der Waals surface area contributed by atoms with Crippen LogP contribution in [0.1, 0.15) is 25.8 Å². The highest BCUT2D eigenvalue weighted by molar-refractivity contribution is 7.12. The summed E-state index contributed by atoms with van der Waals surface area (Å²) in [6, 6.07) is 1.64. The Hall–Kier alpha value is -2.15. The van der Waals surface area contributed by atoms with Crippen molar-refractivity contribution < 1.29 is 18.8 Å². The number of esters is 1. The first-order valence-electron chi connectivity index (χ1n) is 5.02. The average Bonchev–Trinajstić information content (AvgIpc) is 2.97. The fourth-order valence-corrected chi connectivity index (χ4v) is 2.13. The van der Waals surface area contributed by atoms with E-state index in [-0.39, 0.29) is 5.91 Å². The highest BCUT2D eigenvalue weighted by Gasteiger charge is 2.18. The summed E-state index contributed by atoms with van der Waals surface area (Å²) in [5.74, 6) is -0.443. The van der Waals surface area contributed by atoms with E-state index < -0.39 is 5.97 Å². The van der Waals surface area contributed by atoms with Crippen LogP contribution in [0.5, 0.6) is 0 Å². The van der Waals surface area contributed by atoms with Crippen molar-refractivity contribution in [1.82, 2.24) is 5.16 Å². The third kappa shape index (κ3) is 2.25. The van der Waals surface area contributed by atoms with Crippen molar-refractivity contribution in [3.05, 3.63) is 33.8 Å². The standard InChI is InChI=1S/C11H10N2O4S/c1-6-7(5-12-17-6)10(14)13-8-3-4-18-9(8)11(15)16-2/h3-5H,1-2H3,(H,13,14). The van der Waals surface area contributed by atoms with Gasteiger partial charge in [-0.25, -0.2) is 4.79 Å². The molecule has 0 saturated carbocycles. The second-order valence-electron chi connectivity index (χ2n) is 3.40. The zero-order valence-corrected chi connectivity index (χ0v) is 10.5. The van der Waals surface area contributed by atoms with Crippen LogP contribution >= 0.6 is 11.3 Å². The normalized spacial score (nSPS) is 10.1. The monoisotopic (exact) mass is 266 g/mol. The van der Waals surface area contributed by atoms with Gasteiger partial charge in [-0.3, -0.25) is 4.79 Å². The smallest absolute Gasteiger partial charge is 0.350 e. The average molecular weight is 266 g/mol. The Labute approximate surface area is 107 Å². The lowest BCUT2D eigenvalue weighted by molar-refractivity contribution is 0.0607. The number of rotatable bonds is 3. The van der Waals surface area contributed by atoms with Crippen LogP contribution in [0, 0.1) is 6.92 Å². The lowest BCUT2D eigenvalue weighted by atomic mass is 10.2. The van der Waals surface area contributed by atoms with Crippen LogP contribution in [-0.4, -0.2) is 24.1 Å². The number of nitrogens with zero attached hydrogens (tertiary/aromatic N) is 1. The first-order valence-corrected chi connectivity index (χ1v) is 5.90. The van der Waals surface area contributed by atoms with Crippen molar-refractivity contribution in [2.24, 2.45) is 0 Å². The second-order valence-corrected chi connectivity index (χ2v) is 4.32. The van der Waals surface area contributed by atoms with E-state index in [2.05, 4.69) is 15.2 Å². The molecule has 0 fully saturated rings. The molecule has 0 aromatic carbocycles. The van der Waals surface area contributed by atoms with E-state index in [4.69, 9.17) is 4.52 Å². The summed E-state index contributed by atoms with van der Waals surface area (Å²) in [6.45, 7) is 1.64. The number of aromatic nitrogens is 1. The zero-order valence-electron chi connectivity index (χ0n) is 9.72. The van der Waals surface area contributed by atoms with Gasteiger partial charge in [0.1, 0.15) is 16.2 Å². The van der Waals surface area contributed by atoms with Crippen LogP contribution in [0.4, 0.5) is 5.69 Å². The number of thiophene rings is 1. The molecule has 0 saturated heterocycles. The molecule has 0 radical (unpaired) electrons. The van der Waals surface area contributed by atoms with Crippen LogP contribution in [0.2, 0.25) is 0 Å². The van der Waals surface area contributed by atoms with Gasteiger partial charge in [-0.05, 0) is 18.4 Å². The Morgan fingerprint density at radius 2 is 2.28 bits per heavy atom. The van der Waals surface area contributed by atoms with Gasteiger partial charge < -0.3 is 14.6 Å². The molecular weight excluding hydrogens is 256 g/mol. The molecule has 0 aliphatic rings. The lowest BCUT2D eigenvalue weighted by Gasteiger charge is -2.03. The van der Waals surface area contributed by atoms with E-state index in [1.165, 1.54) is 24.6 Å². The Kier molecular flexibility index (Phi) is 3.42. The molecule has 2 aromatic heterocycles. The van der Waals surface area contributed by atoms with Gasteiger partial charge in [0, 0.05) is 0 Å². The number of amides is 1. The van der Waals surface area contributed by atoms with Gasteiger partial charge >= 0.3 is 5.97 Å². The van der Waals surface area contributed by atoms with E-state index in [1.54, 1.807) is 18.4 Å². The van der Waals surface area contributed by atoms with Gasteiger partial charge in [0.15, 0.2) is 0 Å². The van der Waals surface area contributed by atoms with Crippen LogP contribution in [0.3, 0.4) is 0 Å². The number of carbonyl (C=O) groups is 2.